The predicted molar refractivity (Wildman–Crippen MR) is 171 cm³/mol. The van der Waals surface area contributed by atoms with Crippen molar-refractivity contribution in [2.75, 3.05) is 29.3 Å². The van der Waals surface area contributed by atoms with Crippen molar-refractivity contribution in [2.24, 2.45) is 11.4 Å². The standard InChI is InChI=1S/C31H37N8O5P/c1-22(39(25-12-6-3-7-13-25)42-19-24-10-4-2-5-11-24)29(40)44-45(33,41)43-20-31(16-8-9-17-31)38-21-35-26-27(34-18-23-14-15-23)36-30(32)37-28(26)38/h2-8,10-13,16,21-23H,9,14-15,17-20H2,1H3,(H2,33,41)(H3,32,34,36,37)/t22-,31+,45?/m0/s1. The predicted octanol–water partition coefficient (Wildman–Crippen LogP) is 4.93. The molecule has 3 atom stereocenters. The lowest BCUT2D eigenvalue weighted by Gasteiger charge is -2.31. The van der Waals surface area contributed by atoms with E-state index >= 15 is 0 Å². The zero-order valence-electron chi connectivity index (χ0n) is 25.0. The van der Waals surface area contributed by atoms with Gasteiger partial charge in [0.1, 0.15) is 0 Å². The summed E-state index contributed by atoms with van der Waals surface area (Å²) in [6.45, 7) is 2.40. The maximum absolute atomic E-state index is 13.4. The highest BCUT2D eigenvalue weighted by atomic mass is 31.2. The maximum atomic E-state index is 13.4. The van der Waals surface area contributed by atoms with Crippen LogP contribution in [0.5, 0.6) is 0 Å². The Morgan fingerprint density at radius 3 is 2.58 bits per heavy atom. The van der Waals surface area contributed by atoms with E-state index in [2.05, 4.69) is 20.3 Å². The molecule has 4 aromatic rings. The zero-order valence-corrected chi connectivity index (χ0v) is 25.9. The molecule has 6 rings (SSSR count). The number of imidazole rings is 1. The Bertz CT molecular complexity index is 1720. The summed E-state index contributed by atoms with van der Waals surface area (Å²) in [6, 6.07) is 17.6. The lowest BCUT2D eigenvalue weighted by atomic mass is 10.00. The molecule has 14 heteroatoms. The van der Waals surface area contributed by atoms with Crippen molar-refractivity contribution in [2.45, 2.75) is 50.8 Å². The van der Waals surface area contributed by atoms with E-state index in [-0.39, 0.29) is 19.2 Å². The number of hydrogen-bond acceptors (Lipinski definition) is 11. The van der Waals surface area contributed by atoms with Crippen LogP contribution in [-0.2, 0) is 35.4 Å². The number of aromatic nitrogens is 4. The molecule has 2 aromatic carbocycles. The molecule has 0 radical (unpaired) electrons. The van der Waals surface area contributed by atoms with E-state index in [1.807, 2.05) is 65.3 Å². The second kappa shape index (κ2) is 13.0. The van der Waals surface area contributed by atoms with Gasteiger partial charge in [-0.3, -0.25) is 9.36 Å². The summed E-state index contributed by atoms with van der Waals surface area (Å²) in [5, 5.41) is 4.75. The average Bonchev–Trinajstić information content (AvgIpc) is 3.57. The van der Waals surface area contributed by atoms with Gasteiger partial charge in [-0.15, -0.1) is 0 Å². The quantitative estimate of drug-likeness (QED) is 0.0974. The van der Waals surface area contributed by atoms with Crippen LogP contribution in [0.4, 0.5) is 17.5 Å². The first-order valence-corrected chi connectivity index (χ1v) is 16.5. The smallest absolute Gasteiger partial charge is 0.378 e. The SMILES string of the molecule is C[C@@H](C(=O)OP(N)(=O)OC[C@@]1(n2cnc3c(NCC4CC4)nc(N)nc32)C=CCC1)N(OCc1ccccc1)c1ccccc1. The van der Waals surface area contributed by atoms with Crippen molar-refractivity contribution in [3.63, 3.8) is 0 Å². The third kappa shape index (κ3) is 7.18. The molecule has 5 N–H and O–H groups in total. The van der Waals surface area contributed by atoms with Crippen molar-refractivity contribution in [1.82, 2.24) is 19.5 Å². The van der Waals surface area contributed by atoms with Gasteiger partial charge in [-0.2, -0.15) is 9.97 Å². The van der Waals surface area contributed by atoms with E-state index in [0.29, 0.717) is 35.0 Å². The van der Waals surface area contributed by atoms with Crippen LogP contribution in [0.25, 0.3) is 11.2 Å². The average molecular weight is 633 g/mol. The van der Waals surface area contributed by atoms with Crippen LogP contribution >= 0.6 is 7.75 Å². The highest BCUT2D eigenvalue weighted by Gasteiger charge is 2.39. The summed E-state index contributed by atoms with van der Waals surface area (Å²) in [7, 11) is -4.37. The number of fused-ring (bicyclic) bond motifs is 1. The van der Waals surface area contributed by atoms with Crippen LogP contribution in [0, 0.1) is 5.92 Å². The van der Waals surface area contributed by atoms with Crippen molar-refractivity contribution < 1.29 is 23.2 Å². The molecule has 13 nitrogen and oxygen atoms in total. The van der Waals surface area contributed by atoms with Crippen molar-refractivity contribution in [3.8, 4) is 0 Å². The van der Waals surface area contributed by atoms with Crippen molar-refractivity contribution in [1.29, 1.82) is 0 Å². The van der Waals surface area contributed by atoms with Gasteiger partial charge in [0.25, 0.3) is 0 Å². The Balaban J connectivity index is 1.16. The minimum Gasteiger partial charge on any atom is -0.378 e. The molecule has 1 fully saturated rings. The molecular weight excluding hydrogens is 595 g/mol. The largest absolute Gasteiger partial charge is 0.458 e. The molecule has 0 spiro atoms. The fraction of sp³-hybridized carbons (Fsp3) is 0.355. The van der Waals surface area contributed by atoms with Gasteiger partial charge in [0, 0.05) is 6.54 Å². The summed E-state index contributed by atoms with van der Waals surface area (Å²) < 4.78 is 26.3. The van der Waals surface area contributed by atoms with Gasteiger partial charge in [-0.25, -0.2) is 24.9 Å². The molecular formula is C31H37N8O5P. The van der Waals surface area contributed by atoms with Gasteiger partial charge >= 0.3 is 13.7 Å². The number of para-hydroxylation sites is 1. The van der Waals surface area contributed by atoms with Crippen LogP contribution in [0.2, 0.25) is 0 Å². The third-order valence-corrected chi connectivity index (χ3v) is 8.87. The Labute approximate surface area is 261 Å². The second-order valence-corrected chi connectivity index (χ2v) is 12.9. The first-order chi connectivity index (χ1) is 21.7. The number of rotatable bonds is 14. The Hall–Kier alpha value is -4.29. The summed E-state index contributed by atoms with van der Waals surface area (Å²) in [4.78, 5) is 32.7. The number of benzene rings is 2. The minimum absolute atomic E-state index is 0.102. The third-order valence-electron chi connectivity index (χ3n) is 7.95. The fourth-order valence-corrected chi connectivity index (χ4v) is 6.13. The summed E-state index contributed by atoms with van der Waals surface area (Å²) in [6.07, 6.45) is 9.25. The number of hydrogen-bond donors (Lipinski definition) is 3. The molecule has 2 aliphatic rings. The van der Waals surface area contributed by atoms with E-state index in [9.17, 15) is 9.36 Å². The molecule has 0 bridgehead atoms. The van der Waals surface area contributed by atoms with Gasteiger partial charge in [0.2, 0.25) is 5.95 Å². The normalized spacial score (nSPS) is 19.7. The van der Waals surface area contributed by atoms with Crippen molar-refractivity contribution in [3.05, 3.63) is 84.7 Å². The highest BCUT2D eigenvalue weighted by molar-refractivity contribution is 7.51. The minimum atomic E-state index is -4.37. The lowest BCUT2D eigenvalue weighted by Crippen LogP contribution is -2.40. The fourth-order valence-electron chi connectivity index (χ4n) is 5.27. The van der Waals surface area contributed by atoms with Crippen LogP contribution in [0.1, 0.15) is 38.2 Å². The number of nitrogens with two attached hydrogens (primary N) is 2. The molecule has 45 heavy (non-hydrogen) atoms. The number of nitrogen functional groups attached to an aromatic ring is 1. The number of carbonyl (C=O) groups is 1. The van der Waals surface area contributed by atoms with Gasteiger partial charge in [-0.1, -0.05) is 60.7 Å². The number of nitrogens with one attached hydrogen (secondary N) is 1. The molecule has 0 aliphatic heterocycles. The summed E-state index contributed by atoms with van der Waals surface area (Å²) >= 11 is 0. The molecule has 236 valence electrons. The highest BCUT2D eigenvalue weighted by Crippen LogP contribution is 2.44. The zero-order chi connectivity index (χ0) is 31.4. The Kier molecular flexibility index (Phi) is 8.86. The van der Waals surface area contributed by atoms with E-state index in [0.717, 1.165) is 18.5 Å². The number of nitrogens with zero attached hydrogens (tertiary/aromatic N) is 5. The van der Waals surface area contributed by atoms with Crippen molar-refractivity contribution >= 4 is 42.3 Å². The molecule has 0 saturated heterocycles. The van der Waals surface area contributed by atoms with Gasteiger partial charge in [0.15, 0.2) is 23.0 Å². The Morgan fingerprint density at radius 2 is 1.89 bits per heavy atom. The monoisotopic (exact) mass is 632 g/mol. The van der Waals surface area contributed by atoms with Gasteiger partial charge in [0.05, 0.1) is 30.8 Å². The van der Waals surface area contributed by atoms with E-state index < -0.39 is 25.3 Å². The molecule has 0 amide bonds. The van der Waals surface area contributed by atoms with Crippen LogP contribution in [0.3, 0.4) is 0 Å². The first-order valence-electron chi connectivity index (χ1n) is 14.9. The number of anilines is 3. The Morgan fingerprint density at radius 1 is 1.16 bits per heavy atom. The van der Waals surface area contributed by atoms with Gasteiger partial charge in [-0.05, 0) is 56.2 Å². The summed E-state index contributed by atoms with van der Waals surface area (Å²) in [5.74, 6) is 0.417. The lowest BCUT2D eigenvalue weighted by molar-refractivity contribution is -0.138. The molecule has 2 aromatic heterocycles. The topological polar surface area (TPSA) is 173 Å². The maximum Gasteiger partial charge on any atom is 0.458 e. The number of hydroxylamine groups is 1. The number of allylic oxidation sites excluding steroid dienone is 1. The summed E-state index contributed by atoms with van der Waals surface area (Å²) in [5.41, 5.74) is 13.8. The van der Waals surface area contributed by atoms with E-state index in [1.165, 1.54) is 17.9 Å². The van der Waals surface area contributed by atoms with Crippen LogP contribution < -0.4 is 21.6 Å². The van der Waals surface area contributed by atoms with Crippen LogP contribution in [0.15, 0.2) is 79.1 Å². The molecule has 1 unspecified atom stereocenters. The number of carbonyl (C=O) groups excluding carboxylic acids is 1. The van der Waals surface area contributed by atoms with Gasteiger partial charge < -0.3 is 20.1 Å². The van der Waals surface area contributed by atoms with Crippen LogP contribution in [-0.4, -0.2) is 44.7 Å². The molecule has 2 heterocycles. The van der Waals surface area contributed by atoms with E-state index in [4.69, 9.17) is 25.1 Å². The van der Waals surface area contributed by atoms with E-state index in [1.54, 1.807) is 25.4 Å². The molecule has 2 aliphatic carbocycles. The first kappa shape index (κ1) is 30.7. The second-order valence-electron chi connectivity index (χ2n) is 11.4. The molecule has 1 saturated carbocycles.